The van der Waals surface area contributed by atoms with Crippen LogP contribution in [-0.2, 0) is 28.5 Å². The molecule has 0 bridgehead atoms. The van der Waals surface area contributed by atoms with Crippen LogP contribution in [0.5, 0.6) is 5.75 Å². The number of nitrogens with one attached hydrogen (secondary N) is 1. The van der Waals surface area contributed by atoms with Gasteiger partial charge in [-0.1, -0.05) is 79.7 Å². The summed E-state index contributed by atoms with van der Waals surface area (Å²) in [7, 11) is 1.53. The van der Waals surface area contributed by atoms with Gasteiger partial charge in [-0.05, 0) is 42.9 Å². The molecule has 1 N–H and O–H groups in total. The number of esters is 2. The Bertz CT molecular complexity index is 1760. The Labute approximate surface area is 366 Å². The van der Waals surface area contributed by atoms with Gasteiger partial charge < -0.3 is 33.9 Å². The standard InChI is InChI=1S/C45H68N6O11/c1-8-14-16-32(10-3)30-61-42-29-39(48-47-37-21-18-34(27-41(37)58-7)49(22-24-59-44(52)12-5)23-25-60-45(53)13-6)43(62-31-33(11-4)17-15-9-2)28-38(42)46-36-20-19-35(50(54)55)26-40(36)51(56)57/h12,18,21,26-28,32-33,38-39,42,46H,5,8-11,13-17,19-20,22-25,29-31H2,1-4,6-7H3. The molecule has 17 heteroatoms. The number of carbonyl (C=O) groups excluding carboxylic acids is 2. The summed E-state index contributed by atoms with van der Waals surface area (Å²) in [5.41, 5.74) is 0.905. The molecule has 0 aromatic heterocycles. The number of unbranched alkanes of at least 4 members (excludes halogenated alkanes) is 2. The molecule has 0 amide bonds. The topological polar surface area (TPSA) is 207 Å². The maximum Gasteiger partial charge on any atom is 0.330 e. The molecule has 2 aliphatic rings. The van der Waals surface area contributed by atoms with Gasteiger partial charge in [0.05, 0.1) is 60.6 Å². The van der Waals surface area contributed by atoms with Crippen LogP contribution in [0.3, 0.4) is 0 Å². The van der Waals surface area contributed by atoms with Crippen LogP contribution >= 0.6 is 0 Å². The molecule has 2 aliphatic carbocycles. The molecule has 5 atom stereocenters. The second kappa shape index (κ2) is 27.6. The van der Waals surface area contributed by atoms with Gasteiger partial charge in [0.2, 0.25) is 0 Å². The molecule has 0 aliphatic heterocycles. The van der Waals surface area contributed by atoms with E-state index >= 15 is 0 Å². The lowest BCUT2D eigenvalue weighted by molar-refractivity contribution is -0.439. The van der Waals surface area contributed by atoms with E-state index in [1.807, 2.05) is 17.0 Å². The molecule has 0 saturated carbocycles. The van der Waals surface area contributed by atoms with Gasteiger partial charge in [-0.2, -0.15) is 10.2 Å². The number of ether oxygens (including phenoxy) is 5. The van der Waals surface area contributed by atoms with Gasteiger partial charge >= 0.3 is 11.9 Å². The maximum absolute atomic E-state index is 12.2. The Balaban J connectivity index is 2.06. The number of carbonyl (C=O) groups is 2. The van der Waals surface area contributed by atoms with Crippen molar-refractivity contribution in [1.82, 2.24) is 5.32 Å². The average Bonchev–Trinajstić information content (AvgIpc) is 3.28. The molecule has 62 heavy (non-hydrogen) atoms. The van der Waals surface area contributed by atoms with Gasteiger partial charge in [0.25, 0.3) is 11.4 Å². The van der Waals surface area contributed by atoms with E-state index in [0.717, 1.165) is 63.5 Å². The Morgan fingerprint density at radius 1 is 0.968 bits per heavy atom. The summed E-state index contributed by atoms with van der Waals surface area (Å²) in [6, 6.07) is 4.24. The molecule has 0 fully saturated rings. The number of rotatable bonds is 30. The van der Waals surface area contributed by atoms with Gasteiger partial charge in [-0.3, -0.25) is 25.0 Å². The molecule has 5 unspecified atom stereocenters. The first-order valence-corrected chi connectivity index (χ1v) is 22.1. The average molecular weight is 869 g/mol. The summed E-state index contributed by atoms with van der Waals surface area (Å²) in [6.07, 6.45) is 12.4. The van der Waals surface area contributed by atoms with Gasteiger partial charge in [0.15, 0.2) is 0 Å². The summed E-state index contributed by atoms with van der Waals surface area (Å²) in [5, 5.41) is 36.7. The van der Waals surface area contributed by atoms with Gasteiger partial charge in [-0.15, -0.1) is 0 Å². The van der Waals surface area contributed by atoms with Crippen LogP contribution < -0.4 is 15.0 Å². The van der Waals surface area contributed by atoms with E-state index in [9.17, 15) is 29.8 Å². The number of nitro groups is 2. The van der Waals surface area contributed by atoms with Crippen molar-refractivity contribution in [3.8, 4) is 5.75 Å². The number of anilines is 1. The smallest absolute Gasteiger partial charge is 0.330 e. The normalized spacial score (nSPS) is 18.6. The summed E-state index contributed by atoms with van der Waals surface area (Å²) < 4.78 is 29.6. The third kappa shape index (κ3) is 16.5. The molecule has 0 saturated heterocycles. The van der Waals surface area contributed by atoms with Crippen LogP contribution in [0.15, 0.2) is 76.1 Å². The van der Waals surface area contributed by atoms with Crippen molar-refractivity contribution in [3.05, 3.63) is 86.1 Å². The fraction of sp³-hybridized carbons (Fsp3) is 0.644. The number of benzene rings is 1. The lowest BCUT2D eigenvalue weighted by atomic mass is 9.92. The number of nitrogens with zero attached hydrogens (tertiary/aromatic N) is 5. The fourth-order valence-electron chi connectivity index (χ4n) is 7.19. The zero-order valence-electron chi connectivity index (χ0n) is 37.5. The van der Waals surface area contributed by atoms with Crippen molar-refractivity contribution >= 4 is 23.3 Å². The predicted octanol–water partition coefficient (Wildman–Crippen LogP) is 9.16. The van der Waals surface area contributed by atoms with Crippen LogP contribution in [0, 0.1) is 32.1 Å². The van der Waals surface area contributed by atoms with E-state index < -0.39 is 34.0 Å². The SMILES string of the molecule is C=CC(=O)OCCN(CCOC(=O)CC)c1ccc(N=NC2CC(OCC(CC)CCCC)C(NC3=C([N+](=O)[O-])C=C([N+](=O)[O-])CC3)C=C2OCC(CC)CCCC)c(OC)c1. The Morgan fingerprint density at radius 3 is 2.24 bits per heavy atom. The van der Waals surface area contributed by atoms with Gasteiger partial charge in [0.1, 0.15) is 36.5 Å². The lowest BCUT2D eigenvalue weighted by Gasteiger charge is -2.36. The molecule has 0 heterocycles. The summed E-state index contributed by atoms with van der Waals surface area (Å²) in [5.74, 6) is 0.712. The first-order chi connectivity index (χ1) is 29.9. The zero-order chi connectivity index (χ0) is 45.4. The van der Waals surface area contributed by atoms with Crippen LogP contribution in [0.1, 0.15) is 112 Å². The number of hydrogen-bond donors (Lipinski definition) is 1. The van der Waals surface area contributed by atoms with Crippen LogP contribution in [0.25, 0.3) is 0 Å². The van der Waals surface area contributed by atoms with Crippen molar-refractivity contribution in [1.29, 1.82) is 0 Å². The highest BCUT2D eigenvalue weighted by Gasteiger charge is 2.37. The summed E-state index contributed by atoms with van der Waals surface area (Å²) >= 11 is 0. The highest BCUT2D eigenvalue weighted by molar-refractivity contribution is 5.81. The summed E-state index contributed by atoms with van der Waals surface area (Å²) in [6.45, 7) is 15.5. The molecule has 0 radical (unpaired) electrons. The van der Waals surface area contributed by atoms with Gasteiger partial charge in [0, 0.05) is 50.1 Å². The summed E-state index contributed by atoms with van der Waals surface area (Å²) in [4.78, 5) is 48.1. The highest BCUT2D eigenvalue weighted by Crippen LogP contribution is 2.35. The number of hydrogen-bond acceptors (Lipinski definition) is 15. The van der Waals surface area contributed by atoms with Crippen molar-refractivity contribution in [2.75, 3.05) is 51.5 Å². The molecular formula is C45H68N6O11. The first-order valence-electron chi connectivity index (χ1n) is 22.1. The molecule has 344 valence electrons. The number of methoxy groups -OCH3 is 1. The van der Waals surface area contributed by atoms with Crippen molar-refractivity contribution in [2.24, 2.45) is 22.1 Å². The molecular weight excluding hydrogens is 801 g/mol. The van der Waals surface area contributed by atoms with Crippen LogP contribution in [0.4, 0.5) is 11.4 Å². The minimum Gasteiger partial charge on any atom is -0.496 e. The third-order valence-corrected chi connectivity index (χ3v) is 11.2. The second-order valence-electron chi connectivity index (χ2n) is 15.5. The molecule has 0 spiro atoms. The Hall–Kier alpha value is -5.32. The zero-order valence-corrected chi connectivity index (χ0v) is 37.5. The minimum atomic E-state index is -0.587. The van der Waals surface area contributed by atoms with Crippen LogP contribution in [0.2, 0.25) is 0 Å². The van der Waals surface area contributed by atoms with Crippen molar-refractivity contribution < 1.29 is 43.1 Å². The van der Waals surface area contributed by atoms with E-state index in [0.29, 0.717) is 73.1 Å². The minimum absolute atomic E-state index is 0.0484. The van der Waals surface area contributed by atoms with Crippen LogP contribution in [-0.4, -0.2) is 86.6 Å². The largest absolute Gasteiger partial charge is 0.496 e. The fourth-order valence-corrected chi connectivity index (χ4v) is 7.19. The monoisotopic (exact) mass is 868 g/mol. The highest BCUT2D eigenvalue weighted by atomic mass is 16.6. The molecule has 1 aromatic rings. The molecule has 3 rings (SSSR count). The van der Waals surface area contributed by atoms with E-state index in [1.165, 1.54) is 7.11 Å². The van der Waals surface area contributed by atoms with Crippen molar-refractivity contribution in [3.63, 3.8) is 0 Å². The molecule has 1 aromatic carbocycles. The van der Waals surface area contributed by atoms with E-state index in [4.69, 9.17) is 33.9 Å². The van der Waals surface area contributed by atoms with E-state index in [2.05, 4.69) is 39.6 Å². The lowest BCUT2D eigenvalue weighted by Crippen LogP contribution is -2.46. The van der Waals surface area contributed by atoms with E-state index in [1.54, 1.807) is 19.1 Å². The Morgan fingerprint density at radius 2 is 1.65 bits per heavy atom. The third-order valence-electron chi connectivity index (χ3n) is 11.2. The predicted molar refractivity (Wildman–Crippen MR) is 236 cm³/mol. The van der Waals surface area contributed by atoms with Crippen molar-refractivity contribution in [2.45, 2.75) is 130 Å². The maximum atomic E-state index is 12.2. The second-order valence-corrected chi connectivity index (χ2v) is 15.5. The van der Waals surface area contributed by atoms with Gasteiger partial charge in [-0.25, -0.2) is 4.79 Å². The quantitative estimate of drug-likeness (QED) is 0.0252. The number of allylic oxidation sites excluding steroid dienone is 3. The first kappa shape index (κ1) is 51.0. The number of azo groups is 1. The molecule has 17 nitrogen and oxygen atoms in total. The Kier molecular flexibility index (Phi) is 22.7. The van der Waals surface area contributed by atoms with E-state index in [-0.39, 0.29) is 49.8 Å².